The molecule has 0 aliphatic heterocycles. The molecule has 0 amide bonds. The van der Waals surface area contributed by atoms with Crippen molar-refractivity contribution in [3.8, 4) is 0 Å². The smallest absolute Gasteiger partial charge is 0.0766 e. The van der Waals surface area contributed by atoms with Gasteiger partial charge in [-0.25, -0.2) is 0 Å². The lowest BCUT2D eigenvalue weighted by molar-refractivity contribution is 0.106. The Hall–Kier alpha value is -0.300. The SMILES string of the molecule is C=C[C@@H](O)C(C)(C)C. The Morgan fingerprint density at radius 3 is 1.88 bits per heavy atom. The van der Waals surface area contributed by atoms with Crippen LogP contribution in [0.1, 0.15) is 20.8 Å². The molecular weight excluding hydrogens is 100 g/mol. The van der Waals surface area contributed by atoms with Gasteiger partial charge < -0.3 is 5.11 Å². The van der Waals surface area contributed by atoms with Crippen molar-refractivity contribution in [2.24, 2.45) is 5.41 Å². The molecule has 0 aliphatic rings. The maximum Gasteiger partial charge on any atom is 0.0766 e. The second-order valence-corrected chi connectivity index (χ2v) is 3.05. The zero-order valence-corrected chi connectivity index (χ0v) is 5.81. The molecular formula is C7H14O. The fourth-order valence-electron chi connectivity index (χ4n) is 0.354. The third-order valence-electron chi connectivity index (χ3n) is 1.11. The van der Waals surface area contributed by atoms with Crippen LogP contribution in [-0.2, 0) is 0 Å². The average Bonchev–Trinajstić information content (AvgIpc) is 1.62. The van der Waals surface area contributed by atoms with Gasteiger partial charge in [0.25, 0.3) is 0 Å². The van der Waals surface area contributed by atoms with E-state index >= 15 is 0 Å². The molecule has 0 aliphatic carbocycles. The van der Waals surface area contributed by atoms with Crippen LogP contribution in [-0.4, -0.2) is 11.2 Å². The molecule has 0 radical (unpaired) electrons. The highest BCUT2D eigenvalue weighted by Gasteiger charge is 2.17. The molecule has 0 bridgehead atoms. The van der Waals surface area contributed by atoms with Gasteiger partial charge in [-0.15, -0.1) is 6.58 Å². The molecule has 8 heavy (non-hydrogen) atoms. The van der Waals surface area contributed by atoms with Crippen LogP contribution in [0.15, 0.2) is 12.7 Å². The van der Waals surface area contributed by atoms with Gasteiger partial charge in [0, 0.05) is 0 Å². The van der Waals surface area contributed by atoms with E-state index in [2.05, 4.69) is 6.58 Å². The fourth-order valence-corrected chi connectivity index (χ4v) is 0.354. The van der Waals surface area contributed by atoms with E-state index in [-0.39, 0.29) is 11.5 Å². The summed E-state index contributed by atoms with van der Waals surface area (Å²) in [7, 11) is 0. The van der Waals surface area contributed by atoms with Crippen LogP contribution in [0.5, 0.6) is 0 Å². The molecule has 1 nitrogen and oxygen atoms in total. The van der Waals surface area contributed by atoms with Gasteiger partial charge in [0.1, 0.15) is 0 Å². The Labute approximate surface area is 51.0 Å². The van der Waals surface area contributed by atoms with E-state index in [1.807, 2.05) is 20.8 Å². The van der Waals surface area contributed by atoms with Gasteiger partial charge in [-0.2, -0.15) is 0 Å². The third kappa shape index (κ3) is 2.12. The van der Waals surface area contributed by atoms with Crippen molar-refractivity contribution in [3.05, 3.63) is 12.7 Å². The van der Waals surface area contributed by atoms with E-state index in [0.29, 0.717) is 0 Å². The lowest BCUT2D eigenvalue weighted by atomic mass is 9.89. The largest absolute Gasteiger partial charge is 0.389 e. The molecule has 0 heterocycles. The van der Waals surface area contributed by atoms with E-state index in [0.717, 1.165) is 0 Å². The molecule has 1 heteroatoms. The van der Waals surface area contributed by atoms with Gasteiger partial charge in [0.05, 0.1) is 6.10 Å². The first-order valence-corrected chi connectivity index (χ1v) is 2.79. The summed E-state index contributed by atoms with van der Waals surface area (Å²) >= 11 is 0. The highest BCUT2D eigenvalue weighted by atomic mass is 16.3. The topological polar surface area (TPSA) is 20.2 Å². The van der Waals surface area contributed by atoms with Crippen LogP contribution in [0.2, 0.25) is 0 Å². The monoisotopic (exact) mass is 114 g/mol. The lowest BCUT2D eigenvalue weighted by Crippen LogP contribution is -2.22. The molecule has 0 fully saturated rings. The number of rotatable bonds is 1. The van der Waals surface area contributed by atoms with Crippen LogP contribution < -0.4 is 0 Å². The molecule has 0 aromatic rings. The maximum atomic E-state index is 9.08. The molecule has 0 aromatic heterocycles. The molecule has 0 spiro atoms. The Morgan fingerprint density at radius 1 is 1.50 bits per heavy atom. The van der Waals surface area contributed by atoms with Crippen molar-refractivity contribution < 1.29 is 5.11 Å². The molecule has 1 atom stereocenters. The first kappa shape index (κ1) is 7.70. The lowest BCUT2D eigenvalue weighted by Gasteiger charge is -2.21. The van der Waals surface area contributed by atoms with Gasteiger partial charge >= 0.3 is 0 Å². The highest BCUT2D eigenvalue weighted by molar-refractivity contribution is 4.87. The standard InChI is InChI=1S/C7H14O/c1-5-6(8)7(2,3)4/h5-6,8H,1H2,2-4H3/t6-/m1/s1. The number of aliphatic hydroxyl groups excluding tert-OH is 1. The summed E-state index contributed by atoms with van der Waals surface area (Å²) in [6.07, 6.45) is 1.17. The minimum atomic E-state index is -0.387. The van der Waals surface area contributed by atoms with Crippen LogP contribution in [0.4, 0.5) is 0 Å². The summed E-state index contributed by atoms with van der Waals surface area (Å²) in [6, 6.07) is 0. The fraction of sp³-hybridized carbons (Fsp3) is 0.714. The second-order valence-electron chi connectivity index (χ2n) is 3.05. The predicted molar refractivity (Wildman–Crippen MR) is 35.7 cm³/mol. The van der Waals surface area contributed by atoms with E-state index < -0.39 is 0 Å². The highest BCUT2D eigenvalue weighted by Crippen LogP contribution is 2.18. The molecule has 0 aromatic carbocycles. The summed E-state index contributed by atoms with van der Waals surface area (Å²) in [4.78, 5) is 0. The zero-order valence-electron chi connectivity index (χ0n) is 5.81. The predicted octanol–water partition coefficient (Wildman–Crippen LogP) is 1.58. The van der Waals surface area contributed by atoms with E-state index in [4.69, 9.17) is 5.11 Å². The first-order valence-electron chi connectivity index (χ1n) is 2.79. The Kier molecular flexibility index (Phi) is 2.23. The summed E-state index contributed by atoms with van der Waals surface area (Å²) in [6.45, 7) is 9.39. The van der Waals surface area contributed by atoms with Crippen molar-refractivity contribution in [1.82, 2.24) is 0 Å². The van der Waals surface area contributed by atoms with Crippen LogP contribution >= 0.6 is 0 Å². The van der Waals surface area contributed by atoms with E-state index in [1.54, 1.807) is 6.08 Å². The Bertz CT molecular complexity index is 78.9. The van der Waals surface area contributed by atoms with Gasteiger partial charge in [0.15, 0.2) is 0 Å². The minimum Gasteiger partial charge on any atom is -0.389 e. The first-order chi connectivity index (χ1) is 3.48. The molecule has 1 N–H and O–H groups in total. The van der Waals surface area contributed by atoms with Crippen molar-refractivity contribution in [2.75, 3.05) is 0 Å². The molecule has 48 valence electrons. The van der Waals surface area contributed by atoms with Gasteiger partial charge in [0.2, 0.25) is 0 Å². The number of hydrogen-bond acceptors (Lipinski definition) is 1. The van der Waals surface area contributed by atoms with E-state index in [9.17, 15) is 0 Å². The number of hydrogen-bond donors (Lipinski definition) is 1. The van der Waals surface area contributed by atoms with Crippen molar-refractivity contribution in [3.63, 3.8) is 0 Å². The Morgan fingerprint density at radius 2 is 1.88 bits per heavy atom. The van der Waals surface area contributed by atoms with Gasteiger partial charge in [-0.05, 0) is 5.41 Å². The van der Waals surface area contributed by atoms with Gasteiger partial charge in [-0.1, -0.05) is 26.8 Å². The van der Waals surface area contributed by atoms with Crippen molar-refractivity contribution >= 4 is 0 Å². The van der Waals surface area contributed by atoms with Crippen LogP contribution in [0.25, 0.3) is 0 Å². The average molecular weight is 114 g/mol. The third-order valence-corrected chi connectivity index (χ3v) is 1.11. The van der Waals surface area contributed by atoms with Crippen molar-refractivity contribution in [2.45, 2.75) is 26.9 Å². The summed E-state index contributed by atoms with van der Waals surface area (Å²) < 4.78 is 0. The number of aliphatic hydroxyl groups is 1. The van der Waals surface area contributed by atoms with Crippen LogP contribution in [0.3, 0.4) is 0 Å². The summed E-state index contributed by atoms with van der Waals surface area (Å²) in [5.41, 5.74) is -0.0538. The maximum absolute atomic E-state index is 9.08. The van der Waals surface area contributed by atoms with Crippen molar-refractivity contribution in [1.29, 1.82) is 0 Å². The normalized spacial score (nSPS) is 15.5. The Balaban J connectivity index is 3.80. The minimum absolute atomic E-state index is 0.0538. The zero-order chi connectivity index (χ0) is 6.78. The second kappa shape index (κ2) is 2.31. The summed E-state index contributed by atoms with van der Waals surface area (Å²) in [5.74, 6) is 0. The molecule has 0 rings (SSSR count). The van der Waals surface area contributed by atoms with E-state index in [1.165, 1.54) is 0 Å². The molecule has 0 saturated carbocycles. The quantitative estimate of drug-likeness (QED) is 0.513. The van der Waals surface area contributed by atoms with Crippen LogP contribution in [0, 0.1) is 5.41 Å². The summed E-state index contributed by atoms with van der Waals surface area (Å²) in [5, 5.41) is 9.08. The van der Waals surface area contributed by atoms with Gasteiger partial charge in [-0.3, -0.25) is 0 Å². The molecule has 0 saturated heterocycles. The molecule has 0 unspecified atom stereocenters.